The van der Waals surface area contributed by atoms with Gasteiger partial charge in [-0.05, 0) is 24.3 Å². The van der Waals surface area contributed by atoms with Crippen molar-refractivity contribution < 1.29 is 0 Å². The van der Waals surface area contributed by atoms with Gasteiger partial charge in [-0.1, -0.05) is 19.3 Å². The van der Waals surface area contributed by atoms with E-state index in [1.807, 2.05) is 11.6 Å². The summed E-state index contributed by atoms with van der Waals surface area (Å²) in [6.07, 6.45) is 8.28. The molecule has 1 aliphatic carbocycles. The third kappa shape index (κ3) is 2.15. The minimum absolute atomic E-state index is 0.534. The minimum Gasteiger partial charge on any atom is -0.243 e. The van der Waals surface area contributed by atoms with E-state index in [4.69, 9.17) is 9.97 Å². The number of thiazole rings is 1. The summed E-state index contributed by atoms with van der Waals surface area (Å²) in [5, 5.41) is 5.12. The van der Waals surface area contributed by atoms with Gasteiger partial charge >= 0.3 is 0 Å². The van der Waals surface area contributed by atoms with E-state index in [-0.39, 0.29) is 0 Å². The zero-order valence-corrected chi connectivity index (χ0v) is 12.7. The van der Waals surface area contributed by atoms with Crippen LogP contribution in [-0.4, -0.2) is 15.0 Å². The predicted molar refractivity (Wildman–Crippen MR) is 84.3 cm³/mol. The van der Waals surface area contributed by atoms with Gasteiger partial charge in [0.25, 0.3) is 0 Å². The quantitative estimate of drug-likeness (QED) is 0.678. The fraction of sp³-hybridized carbons (Fsp3) is 0.400. The van der Waals surface area contributed by atoms with Crippen molar-refractivity contribution in [2.75, 3.05) is 0 Å². The Balaban J connectivity index is 1.86. The van der Waals surface area contributed by atoms with Crippen molar-refractivity contribution in [2.45, 2.75) is 38.0 Å². The lowest BCUT2D eigenvalue weighted by Crippen LogP contribution is -2.09. The van der Waals surface area contributed by atoms with Crippen LogP contribution in [-0.2, 0) is 0 Å². The molecule has 3 aromatic heterocycles. The number of nitrogens with zero attached hydrogens (tertiary/aromatic N) is 3. The maximum absolute atomic E-state index is 4.89. The first-order valence-electron chi connectivity index (χ1n) is 7.07. The van der Waals surface area contributed by atoms with E-state index in [1.165, 1.54) is 36.8 Å². The second-order valence-corrected chi connectivity index (χ2v) is 7.05. The van der Waals surface area contributed by atoms with E-state index < -0.39 is 0 Å². The first kappa shape index (κ1) is 12.4. The fourth-order valence-corrected chi connectivity index (χ4v) is 4.43. The molecule has 1 aliphatic rings. The molecular formula is C15H15N3S2. The molecule has 0 unspecified atom stereocenters. The molecule has 0 aliphatic heterocycles. The van der Waals surface area contributed by atoms with Crippen molar-refractivity contribution in [1.82, 2.24) is 15.0 Å². The Hall–Kier alpha value is -1.33. The third-order valence-electron chi connectivity index (χ3n) is 3.93. The zero-order chi connectivity index (χ0) is 13.4. The highest BCUT2D eigenvalue weighted by Gasteiger charge is 2.21. The van der Waals surface area contributed by atoms with Crippen LogP contribution in [0.2, 0.25) is 0 Å². The van der Waals surface area contributed by atoms with Crippen LogP contribution in [0.5, 0.6) is 0 Å². The molecule has 4 rings (SSSR count). The average molecular weight is 301 g/mol. The Labute approximate surface area is 125 Å². The molecule has 3 aromatic rings. The minimum atomic E-state index is 0.534. The van der Waals surface area contributed by atoms with E-state index in [1.54, 1.807) is 22.7 Å². The molecule has 0 radical (unpaired) electrons. The molecule has 0 spiro atoms. The van der Waals surface area contributed by atoms with Crippen LogP contribution in [0.25, 0.3) is 20.9 Å². The molecule has 0 amide bonds. The molecule has 20 heavy (non-hydrogen) atoms. The highest BCUT2D eigenvalue weighted by molar-refractivity contribution is 7.18. The van der Waals surface area contributed by atoms with Crippen LogP contribution < -0.4 is 0 Å². The largest absolute Gasteiger partial charge is 0.243 e. The van der Waals surface area contributed by atoms with Gasteiger partial charge in [0.1, 0.15) is 16.5 Å². The number of rotatable bonds is 2. The fourth-order valence-electron chi connectivity index (χ4n) is 2.91. The second-order valence-electron chi connectivity index (χ2n) is 5.24. The smallest absolute Gasteiger partial charge is 0.143 e. The normalized spacial score (nSPS) is 16.8. The van der Waals surface area contributed by atoms with E-state index in [0.29, 0.717) is 5.92 Å². The van der Waals surface area contributed by atoms with E-state index in [9.17, 15) is 0 Å². The molecular weight excluding hydrogens is 286 g/mol. The lowest BCUT2D eigenvalue weighted by atomic mass is 9.88. The van der Waals surface area contributed by atoms with Crippen molar-refractivity contribution in [3.8, 4) is 10.7 Å². The topological polar surface area (TPSA) is 38.7 Å². The molecule has 0 N–H and O–H groups in total. The van der Waals surface area contributed by atoms with Crippen molar-refractivity contribution >= 4 is 32.9 Å². The summed E-state index contributed by atoms with van der Waals surface area (Å²) >= 11 is 3.36. The summed E-state index contributed by atoms with van der Waals surface area (Å²) in [7, 11) is 0. The van der Waals surface area contributed by atoms with Gasteiger partial charge in [-0.2, -0.15) is 0 Å². The summed E-state index contributed by atoms with van der Waals surface area (Å²) in [6.45, 7) is 0. The monoisotopic (exact) mass is 301 g/mol. The molecule has 102 valence electrons. The van der Waals surface area contributed by atoms with Gasteiger partial charge in [-0.3, -0.25) is 0 Å². The van der Waals surface area contributed by atoms with Crippen LogP contribution in [0.4, 0.5) is 0 Å². The maximum Gasteiger partial charge on any atom is 0.143 e. The number of thiophene rings is 1. The van der Waals surface area contributed by atoms with Gasteiger partial charge in [0.2, 0.25) is 0 Å². The highest BCUT2D eigenvalue weighted by Crippen LogP contribution is 2.36. The molecule has 0 aromatic carbocycles. The Bertz CT molecular complexity index is 712. The predicted octanol–water partition coefficient (Wildman–Crippen LogP) is 4.86. The molecule has 3 heterocycles. The number of aromatic nitrogens is 3. The summed E-state index contributed by atoms with van der Waals surface area (Å²) in [4.78, 5) is 14.1. The Morgan fingerprint density at radius 3 is 2.70 bits per heavy atom. The molecule has 3 nitrogen and oxygen atoms in total. The Morgan fingerprint density at radius 1 is 1.00 bits per heavy atom. The van der Waals surface area contributed by atoms with Crippen molar-refractivity contribution in [2.24, 2.45) is 0 Å². The van der Waals surface area contributed by atoms with Crippen molar-refractivity contribution in [1.29, 1.82) is 0 Å². The van der Waals surface area contributed by atoms with Crippen LogP contribution in [0.15, 0.2) is 23.0 Å². The number of hydrogen-bond acceptors (Lipinski definition) is 5. The molecule has 1 fully saturated rings. The SMILES string of the molecule is c1csc(-c2nc(C3CCCCC3)nc3ccsc23)n1. The van der Waals surface area contributed by atoms with Crippen LogP contribution in [0.3, 0.4) is 0 Å². The Morgan fingerprint density at radius 2 is 1.90 bits per heavy atom. The molecule has 0 atom stereocenters. The summed E-state index contributed by atoms with van der Waals surface area (Å²) in [5.74, 6) is 1.56. The van der Waals surface area contributed by atoms with E-state index in [2.05, 4.69) is 16.4 Å². The molecule has 5 heteroatoms. The Kier molecular flexibility index (Phi) is 3.24. The molecule has 0 saturated heterocycles. The van der Waals surface area contributed by atoms with Crippen LogP contribution >= 0.6 is 22.7 Å². The lowest BCUT2D eigenvalue weighted by Gasteiger charge is -2.20. The highest BCUT2D eigenvalue weighted by atomic mass is 32.1. The third-order valence-corrected chi connectivity index (χ3v) is 5.62. The van der Waals surface area contributed by atoms with Gasteiger partial charge in [0.15, 0.2) is 0 Å². The standard InChI is InChI=1S/C15H15N3S2/c1-2-4-10(5-3-1)14-17-11-6-8-19-13(11)12(18-14)15-16-7-9-20-15/h6-10H,1-5H2. The average Bonchev–Trinajstić information content (AvgIpc) is 3.18. The van der Waals surface area contributed by atoms with Gasteiger partial charge < -0.3 is 0 Å². The van der Waals surface area contributed by atoms with Gasteiger partial charge in [0, 0.05) is 17.5 Å². The van der Waals surface area contributed by atoms with Crippen LogP contribution in [0, 0.1) is 0 Å². The first-order valence-corrected chi connectivity index (χ1v) is 8.83. The zero-order valence-electron chi connectivity index (χ0n) is 11.1. The number of hydrogen-bond donors (Lipinski definition) is 0. The maximum atomic E-state index is 4.89. The van der Waals surface area contributed by atoms with Gasteiger partial charge in [-0.15, -0.1) is 22.7 Å². The molecule has 1 saturated carbocycles. The summed E-state index contributed by atoms with van der Waals surface area (Å²) in [6, 6.07) is 2.10. The van der Waals surface area contributed by atoms with E-state index in [0.717, 1.165) is 22.0 Å². The lowest BCUT2D eigenvalue weighted by molar-refractivity contribution is 0.430. The van der Waals surface area contributed by atoms with Crippen molar-refractivity contribution in [3.63, 3.8) is 0 Å². The summed E-state index contributed by atoms with van der Waals surface area (Å²) < 4.78 is 1.17. The van der Waals surface area contributed by atoms with Gasteiger partial charge in [-0.25, -0.2) is 15.0 Å². The van der Waals surface area contributed by atoms with Gasteiger partial charge in [0.05, 0.1) is 10.2 Å². The van der Waals surface area contributed by atoms with Crippen LogP contribution in [0.1, 0.15) is 43.8 Å². The second kappa shape index (κ2) is 5.22. The van der Waals surface area contributed by atoms with E-state index >= 15 is 0 Å². The van der Waals surface area contributed by atoms with Crippen molar-refractivity contribution in [3.05, 3.63) is 28.8 Å². The number of fused-ring (bicyclic) bond motifs is 1. The summed E-state index contributed by atoms with van der Waals surface area (Å²) in [5.41, 5.74) is 2.11. The molecule has 0 bridgehead atoms. The first-order chi connectivity index (χ1) is 9.92.